The van der Waals surface area contributed by atoms with Gasteiger partial charge in [-0.2, -0.15) is 5.10 Å². The van der Waals surface area contributed by atoms with Gasteiger partial charge in [0, 0.05) is 31.7 Å². The quantitative estimate of drug-likeness (QED) is 0.649. The van der Waals surface area contributed by atoms with Crippen molar-refractivity contribution in [3.8, 4) is 22.9 Å². The zero-order valence-electron chi connectivity index (χ0n) is 17.0. The van der Waals surface area contributed by atoms with Crippen LogP contribution >= 0.6 is 0 Å². The number of benzene rings is 1. The number of anilines is 1. The summed E-state index contributed by atoms with van der Waals surface area (Å²) in [7, 11) is 3.76. The van der Waals surface area contributed by atoms with E-state index in [-0.39, 0.29) is 11.2 Å². The fraction of sp³-hybridized carbons (Fsp3) is 0.476. The Kier molecular flexibility index (Phi) is 4.48. The fourth-order valence-corrected chi connectivity index (χ4v) is 3.00. The Balaban J connectivity index is 1.75. The van der Waals surface area contributed by atoms with E-state index in [0.29, 0.717) is 34.7 Å². The number of hydrogen-bond acceptors (Lipinski definition) is 5. The van der Waals surface area contributed by atoms with Gasteiger partial charge in [0.1, 0.15) is 17.8 Å². The summed E-state index contributed by atoms with van der Waals surface area (Å²) in [6, 6.07) is 5.10. The maximum atomic E-state index is 14.7. The number of nitrogens with zero attached hydrogens (tertiary/aromatic N) is 5. The highest BCUT2D eigenvalue weighted by Crippen LogP contribution is 2.34. The molecule has 148 valence electrons. The van der Waals surface area contributed by atoms with Gasteiger partial charge in [0.2, 0.25) is 0 Å². The third kappa shape index (κ3) is 3.66. The smallest absolute Gasteiger partial charge is 0.200 e. The molecule has 1 aromatic carbocycles. The van der Waals surface area contributed by atoms with Crippen molar-refractivity contribution in [2.45, 2.75) is 45.6 Å². The fourth-order valence-electron chi connectivity index (χ4n) is 3.00. The van der Waals surface area contributed by atoms with E-state index >= 15 is 0 Å². The summed E-state index contributed by atoms with van der Waals surface area (Å²) in [6.45, 7) is 6.90. The molecule has 1 aliphatic carbocycles. The molecule has 4 rings (SSSR count). The summed E-state index contributed by atoms with van der Waals surface area (Å²) < 4.78 is 22.2. The van der Waals surface area contributed by atoms with Crippen LogP contribution in [0, 0.1) is 11.7 Å². The van der Waals surface area contributed by atoms with Gasteiger partial charge in [0.15, 0.2) is 17.5 Å². The zero-order chi connectivity index (χ0) is 20.1. The van der Waals surface area contributed by atoms with Crippen molar-refractivity contribution in [3.05, 3.63) is 36.2 Å². The highest BCUT2D eigenvalue weighted by Gasteiger charge is 2.27. The molecule has 0 bridgehead atoms. The van der Waals surface area contributed by atoms with E-state index in [1.165, 1.54) is 18.9 Å². The van der Waals surface area contributed by atoms with Crippen molar-refractivity contribution < 1.29 is 8.81 Å². The Morgan fingerprint density at radius 3 is 2.54 bits per heavy atom. The van der Waals surface area contributed by atoms with Gasteiger partial charge >= 0.3 is 0 Å². The Bertz CT molecular complexity index is 995. The van der Waals surface area contributed by atoms with E-state index in [0.717, 1.165) is 12.2 Å². The molecular weight excluding hydrogens is 357 g/mol. The Morgan fingerprint density at radius 1 is 1.21 bits per heavy atom. The molecule has 0 spiro atoms. The summed E-state index contributed by atoms with van der Waals surface area (Å²) in [5.74, 6) is 1.91. The van der Waals surface area contributed by atoms with Gasteiger partial charge in [-0.05, 0) is 37.0 Å². The predicted molar refractivity (Wildman–Crippen MR) is 107 cm³/mol. The molecule has 1 aliphatic rings. The lowest BCUT2D eigenvalue weighted by atomic mass is 9.97. The van der Waals surface area contributed by atoms with E-state index in [1.54, 1.807) is 12.3 Å². The topological polar surface area (TPSA) is 60.0 Å². The second kappa shape index (κ2) is 6.72. The lowest BCUT2D eigenvalue weighted by Crippen LogP contribution is -2.11. The average molecular weight is 383 g/mol. The SMILES string of the molecule is CN(C)c1ccc(-c2nc(-c3coc(C(C)(C)C)n3)n(CC3CC3)n2)c(F)c1. The standard InChI is InChI=1S/C21H26FN5O/c1-21(2,3)20-23-17(12-28-20)19-24-18(25-27(19)11-13-6-7-13)15-9-8-14(26(4)5)10-16(15)22/h8-10,12-13H,6-7,11H2,1-5H3. The molecule has 0 saturated heterocycles. The first-order chi connectivity index (χ1) is 13.2. The van der Waals surface area contributed by atoms with Crippen molar-refractivity contribution >= 4 is 5.69 Å². The van der Waals surface area contributed by atoms with Crippen LogP contribution in [0.2, 0.25) is 0 Å². The van der Waals surface area contributed by atoms with Crippen LogP contribution in [0.4, 0.5) is 10.1 Å². The molecule has 3 aromatic rings. The molecule has 1 saturated carbocycles. The molecule has 6 nitrogen and oxygen atoms in total. The molecule has 0 radical (unpaired) electrons. The highest BCUT2D eigenvalue weighted by molar-refractivity contribution is 5.63. The number of oxazole rings is 1. The molecule has 0 aliphatic heterocycles. The minimum Gasteiger partial charge on any atom is -0.448 e. The molecule has 28 heavy (non-hydrogen) atoms. The van der Waals surface area contributed by atoms with Gasteiger partial charge in [0.25, 0.3) is 0 Å². The van der Waals surface area contributed by atoms with Crippen LogP contribution in [0.1, 0.15) is 39.5 Å². The first-order valence-electron chi connectivity index (χ1n) is 9.61. The van der Waals surface area contributed by atoms with Gasteiger partial charge in [-0.3, -0.25) is 0 Å². The Hall–Kier alpha value is -2.70. The lowest BCUT2D eigenvalue weighted by Gasteiger charge is -2.12. The van der Waals surface area contributed by atoms with Crippen LogP contribution < -0.4 is 4.90 Å². The third-order valence-electron chi connectivity index (χ3n) is 4.88. The molecule has 0 amide bonds. The summed E-state index contributed by atoms with van der Waals surface area (Å²) in [6.07, 6.45) is 3.99. The van der Waals surface area contributed by atoms with Crippen LogP contribution in [-0.4, -0.2) is 33.8 Å². The minimum absolute atomic E-state index is 0.198. The van der Waals surface area contributed by atoms with Gasteiger partial charge in [-0.25, -0.2) is 19.0 Å². The van der Waals surface area contributed by atoms with Crippen molar-refractivity contribution in [1.29, 1.82) is 0 Å². The predicted octanol–water partition coefficient (Wildman–Crippen LogP) is 4.51. The van der Waals surface area contributed by atoms with Crippen LogP contribution in [0.3, 0.4) is 0 Å². The summed E-state index contributed by atoms with van der Waals surface area (Å²) in [5.41, 5.74) is 1.62. The third-order valence-corrected chi connectivity index (χ3v) is 4.88. The van der Waals surface area contributed by atoms with Crippen LogP contribution in [0.25, 0.3) is 22.9 Å². The van der Waals surface area contributed by atoms with Crippen LogP contribution in [-0.2, 0) is 12.0 Å². The molecule has 2 heterocycles. The summed E-state index contributed by atoms with van der Waals surface area (Å²) in [5, 5.41) is 4.61. The second-order valence-electron chi connectivity index (χ2n) is 8.73. The van der Waals surface area contributed by atoms with Gasteiger partial charge in [-0.15, -0.1) is 0 Å². The molecule has 0 atom stereocenters. The van der Waals surface area contributed by atoms with Crippen molar-refractivity contribution in [3.63, 3.8) is 0 Å². The molecule has 0 unspecified atom stereocenters. The minimum atomic E-state index is -0.336. The van der Waals surface area contributed by atoms with E-state index < -0.39 is 0 Å². The van der Waals surface area contributed by atoms with Gasteiger partial charge < -0.3 is 9.32 Å². The maximum absolute atomic E-state index is 14.7. The van der Waals surface area contributed by atoms with Gasteiger partial charge in [-0.1, -0.05) is 20.8 Å². The van der Waals surface area contributed by atoms with E-state index in [1.807, 2.05) is 50.5 Å². The lowest BCUT2D eigenvalue weighted by molar-refractivity contribution is 0.392. The number of hydrogen-bond donors (Lipinski definition) is 0. The van der Waals surface area contributed by atoms with E-state index in [9.17, 15) is 4.39 Å². The Labute approximate surface area is 164 Å². The highest BCUT2D eigenvalue weighted by atomic mass is 19.1. The monoisotopic (exact) mass is 383 g/mol. The molecular formula is C21H26FN5O. The van der Waals surface area contributed by atoms with E-state index in [2.05, 4.69) is 15.1 Å². The normalized spacial score (nSPS) is 14.5. The average Bonchev–Trinajstić information content (AvgIpc) is 3.12. The second-order valence-corrected chi connectivity index (χ2v) is 8.73. The van der Waals surface area contributed by atoms with Crippen LogP contribution in [0.15, 0.2) is 28.9 Å². The first kappa shape index (κ1) is 18.7. The summed E-state index contributed by atoms with van der Waals surface area (Å²) >= 11 is 0. The van der Waals surface area contributed by atoms with Crippen molar-refractivity contribution in [1.82, 2.24) is 19.7 Å². The Morgan fingerprint density at radius 2 is 1.96 bits per heavy atom. The van der Waals surface area contributed by atoms with Crippen LogP contribution in [0.5, 0.6) is 0 Å². The van der Waals surface area contributed by atoms with E-state index in [4.69, 9.17) is 4.42 Å². The molecule has 0 N–H and O–H groups in total. The zero-order valence-corrected chi connectivity index (χ0v) is 17.0. The molecule has 1 fully saturated rings. The van der Waals surface area contributed by atoms with Gasteiger partial charge in [0.05, 0.1) is 5.56 Å². The van der Waals surface area contributed by atoms with Crippen molar-refractivity contribution in [2.24, 2.45) is 5.92 Å². The number of halogens is 1. The first-order valence-corrected chi connectivity index (χ1v) is 9.61. The van der Waals surface area contributed by atoms with Crippen molar-refractivity contribution in [2.75, 3.05) is 19.0 Å². The molecule has 7 heteroatoms. The maximum Gasteiger partial charge on any atom is 0.200 e. The number of aromatic nitrogens is 4. The summed E-state index contributed by atoms with van der Waals surface area (Å²) in [4.78, 5) is 11.1. The molecule has 2 aromatic heterocycles. The largest absolute Gasteiger partial charge is 0.448 e. The number of rotatable bonds is 5.